The van der Waals surface area contributed by atoms with Crippen LogP contribution in [-0.4, -0.2) is 61.6 Å². The molecule has 1 fully saturated rings. The molecule has 1 N–H and O–H groups in total. The minimum atomic E-state index is -0.167. The van der Waals surface area contributed by atoms with E-state index in [0.29, 0.717) is 30.4 Å². The fraction of sp³-hybridized carbons (Fsp3) is 0.579. The van der Waals surface area contributed by atoms with Crippen LogP contribution in [0.15, 0.2) is 24.3 Å². The first-order valence-corrected chi connectivity index (χ1v) is 8.95. The molecule has 0 radical (unpaired) electrons. The van der Waals surface area contributed by atoms with E-state index in [4.69, 9.17) is 4.74 Å². The molecule has 0 spiro atoms. The summed E-state index contributed by atoms with van der Waals surface area (Å²) < 4.78 is 4.99. The molecule has 138 valence electrons. The summed E-state index contributed by atoms with van der Waals surface area (Å²) in [5, 5.41) is 2.84. The minimum Gasteiger partial charge on any atom is -0.385 e. The van der Waals surface area contributed by atoms with Crippen molar-refractivity contribution in [2.45, 2.75) is 38.6 Å². The number of anilines is 1. The molecule has 0 bridgehead atoms. The first-order chi connectivity index (χ1) is 12.0. The van der Waals surface area contributed by atoms with E-state index >= 15 is 0 Å². The molecule has 0 unspecified atom stereocenters. The van der Waals surface area contributed by atoms with Crippen molar-refractivity contribution in [3.8, 4) is 0 Å². The normalized spacial score (nSPS) is 17.2. The van der Waals surface area contributed by atoms with Crippen LogP contribution in [-0.2, 0) is 4.74 Å². The average molecular weight is 347 g/mol. The van der Waals surface area contributed by atoms with Crippen LogP contribution in [0, 0.1) is 0 Å². The molecule has 6 nitrogen and oxygen atoms in total. The van der Waals surface area contributed by atoms with Gasteiger partial charge in [-0.25, -0.2) is 4.79 Å². The zero-order chi connectivity index (χ0) is 18.2. The van der Waals surface area contributed by atoms with Gasteiger partial charge >= 0.3 is 6.03 Å². The lowest BCUT2D eigenvalue weighted by Crippen LogP contribution is -2.42. The second kappa shape index (κ2) is 9.42. The van der Waals surface area contributed by atoms with Crippen molar-refractivity contribution >= 4 is 17.6 Å². The maximum Gasteiger partial charge on any atom is 0.321 e. The van der Waals surface area contributed by atoms with Gasteiger partial charge in [-0.2, -0.15) is 0 Å². The molecule has 0 aromatic heterocycles. The highest BCUT2D eigenvalue weighted by molar-refractivity contribution is 5.95. The molecule has 1 aliphatic rings. The Balaban J connectivity index is 1.90. The number of piperidine rings is 1. The second-order valence-electron chi connectivity index (χ2n) is 6.62. The molecule has 25 heavy (non-hydrogen) atoms. The smallest absolute Gasteiger partial charge is 0.321 e. The Morgan fingerprint density at radius 3 is 2.64 bits per heavy atom. The number of amides is 3. The van der Waals surface area contributed by atoms with Gasteiger partial charge in [0.1, 0.15) is 0 Å². The predicted octanol–water partition coefficient (Wildman–Crippen LogP) is 3.20. The Morgan fingerprint density at radius 2 is 2.00 bits per heavy atom. The minimum absolute atomic E-state index is 0.0711. The topological polar surface area (TPSA) is 61.9 Å². The molecule has 1 saturated heterocycles. The lowest BCUT2D eigenvalue weighted by molar-refractivity contribution is 0.0635. The van der Waals surface area contributed by atoms with Gasteiger partial charge in [0.05, 0.1) is 0 Å². The lowest BCUT2D eigenvalue weighted by Gasteiger charge is -2.33. The van der Waals surface area contributed by atoms with Gasteiger partial charge in [-0.15, -0.1) is 0 Å². The van der Waals surface area contributed by atoms with E-state index < -0.39 is 0 Å². The van der Waals surface area contributed by atoms with Crippen LogP contribution in [0.25, 0.3) is 0 Å². The quantitative estimate of drug-likeness (QED) is 0.804. The molecule has 6 heteroatoms. The molecule has 1 aromatic carbocycles. The summed E-state index contributed by atoms with van der Waals surface area (Å²) in [5.74, 6) is 0.0711. The number of carbonyl (C=O) groups is 2. The van der Waals surface area contributed by atoms with Crippen LogP contribution in [0.5, 0.6) is 0 Å². The van der Waals surface area contributed by atoms with E-state index in [1.165, 1.54) is 6.42 Å². The van der Waals surface area contributed by atoms with Gasteiger partial charge in [0.15, 0.2) is 0 Å². The lowest BCUT2D eigenvalue weighted by atomic mass is 10.0. The van der Waals surface area contributed by atoms with E-state index in [1.807, 2.05) is 4.90 Å². The maximum atomic E-state index is 12.6. The third-order valence-electron chi connectivity index (χ3n) is 4.64. The van der Waals surface area contributed by atoms with Gasteiger partial charge in [-0.05, 0) is 56.9 Å². The summed E-state index contributed by atoms with van der Waals surface area (Å²) >= 11 is 0. The van der Waals surface area contributed by atoms with Gasteiger partial charge in [-0.1, -0.05) is 0 Å². The molecule has 1 heterocycles. The van der Waals surface area contributed by atoms with E-state index in [9.17, 15) is 9.59 Å². The number of carbonyl (C=O) groups excluding carboxylic acids is 2. The number of methoxy groups -OCH3 is 1. The Bertz CT molecular complexity index is 574. The van der Waals surface area contributed by atoms with Gasteiger partial charge in [0.2, 0.25) is 0 Å². The van der Waals surface area contributed by atoms with Crippen molar-refractivity contribution in [2.75, 3.05) is 39.2 Å². The summed E-state index contributed by atoms with van der Waals surface area (Å²) in [7, 11) is 3.40. The predicted molar refractivity (Wildman–Crippen MR) is 98.9 cm³/mol. The molecule has 3 amide bonds. The number of ether oxygens (including phenoxy) is 1. The van der Waals surface area contributed by atoms with E-state index in [0.717, 1.165) is 25.8 Å². The van der Waals surface area contributed by atoms with Crippen molar-refractivity contribution in [3.63, 3.8) is 0 Å². The van der Waals surface area contributed by atoms with Crippen molar-refractivity contribution in [1.29, 1.82) is 0 Å². The number of likely N-dealkylation sites (tertiary alicyclic amines) is 1. The van der Waals surface area contributed by atoms with Crippen LogP contribution in [0.4, 0.5) is 10.5 Å². The third kappa shape index (κ3) is 5.46. The molecule has 1 aliphatic heterocycles. The Labute approximate surface area is 150 Å². The SMILES string of the molecule is COCCCN(C)C(=O)Nc1ccc(C(=O)N2CCCC[C@H]2C)cc1. The fourth-order valence-corrected chi connectivity index (χ4v) is 3.03. The van der Waals surface area contributed by atoms with Gasteiger partial charge < -0.3 is 19.9 Å². The van der Waals surface area contributed by atoms with Crippen LogP contribution < -0.4 is 5.32 Å². The summed E-state index contributed by atoms with van der Waals surface area (Å²) in [5.41, 5.74) is 1.35. The van der Waals surface area contributed by atoms with Crippen LogP contribution in [0.1, 0.15) is 43.0 Å². The zero-order valence-electron chi connectivity index (χ0n) is 15.5. The number of nitrogens with one attached hydrogen (secondary N) is 1. The van der Waals surface area contributed by atoms with E-state index in [1.54, 1.807) is 43.3 Å². The number of nitrogens with zero attached hydrogens (tertiary/aromatic N) is 2. The first-order valence-electron chi connectivity index (χ1n) is 8.95. The van der Waals surface area contributed by atoms with Crippen molar-refractivity contribution in [3.05, 3.63) is 29.8 Å². The zero-order valence-corrected chi connectivity index (χ0v) is 15.5. The second-order valence-corrected chi connectivity index (χ2v) is 6.62. The van der Waals surface area contributed by atoms with Crippen molar-refractivity contribution in [2.24, 2.45) is 0 Å². The van der Waals surface area contributed by atoms with Crippen LogP contribution in [0.3, 0.4) is 0 Å². The molecule has 0 aliphatic carbocycles. The number of benzene rings is 1. The summed E-state index contributed by atoms with van der Waals surface area (Å²) in [6.07, 6.45) is 4.12. The number of urea groups is 1. The third-order valence-corrected chi connectivity index (χ3v) is 4.64. The Morgan fingerprint density at radius 1 is 1.28 bits per heavy atom. The summed E-state index contributed by atoms with van der Waals surface area (Å²) in [6, 6.07) is 7.25. The van der Waals surface area contributed by atoms with Crippen LogP contribution >= 0.6 is 0 Å². The molecule has 2 rings (SSSR count). The highest BCUT2D eigenvalue weighted by atomic mass is 16.5. The Kier molecular flexibility index (Phi) is 7.25. The van der Waals surface area contributed by atoms with E-state index in [2.05, 4.69) is 12.2 Å². The fourth-order valence-electron chi connectivity index (χ4n) is 3.03. The highest BCUT2D eigenvalue weighted by Gasteiger charge is 2.24. The highest BCUT2D eigenvalue weighted by Crippen LogP contribution is 2.20. The van der Waals surface area contributed by atoms with Crippen LogP contribution in [0.2, 0.25) is 0 Å². The molecular weight excluding hydrogens is 318 g/mol. The summed E-state index contributed by atoms with van der Waals surface area (Å²) in [6.45, 7) is 4.18. The van der Waals surface area contributed by atoms with Gasteiger partial charge in [0.25, 0.3) is 5.91 Å². The number of hydrogen-bond acceptors (Lipinski definition) is 3. The number of hydrogen-bond donors (Lipinski definition) is 1. The monoisotopic (exact) mass is 347 g/mol. The van der Waals surface area contributed by atoms with E-state index in [-0.39, 0.29) is 11.9 Å². The van der Waals surface area contributed by atoms with Crippen molar-refractivity contribution in [1.82, 2.24) is 9.80 Å². The summed E-state index contributed by atoms with van der Waals surface area (Å²) in [4.78, 5) is 28.3. The Hall–Kier alpha value is -2.08. The average Bonchev–Trinajstić information content (AvgIpc) is 2.62. The molecule has 1 aromatic rings. The molecule has 0 saturated carbocycles. The standard InChI is InChI=1S/C19H29N3O3/c1-15-7-4-5-13-22(15)18(23)16-8-10-17(11-9-16)20-19(24)21(2)12-6-14-25-3/h8-11,15H,4-7,12-14H2,1-3H3,(H,20,24)/t15-/m1/s1. The largest absolute Gasteiger partial charge is 0.385 e. The molecule has 1 atom stereocenters. The maximum absolute atomic E-state index is 12.6. The number of rotatable bonds is 6. The molecular formula is C19H29N3O3. The first kappa shape index (κ1) is 19.2. The van der Waals surface area contributed by atoms with Gasteiger partial charge in [0, 0.05) is 51.1 Å². The van der Waals surface area contributed by atoms with Gasteiger partial charge in [-0.3, -0.25) is 4.79 Å². The van der Waals surface area contributed by atoms with Crippen molar-refractivity contribution < 1.29 is 14.3 Å².